The standard InChI is InChI=1S/C24H32F3N3O8S2/c1-16-10-21(22(38-16)24(25,26)27)40(34,35)30-8-6-23(7-9-30)12-17(14-37-23)29-13-18(31)15-36-19-4-3-5-20(11-19)39(32,33)28-2/h3-5,10-11,17-18,28-29,31H,6-9,12-15H2,1-2H3/t17?,18-/m0/s1. The summed E-state index contributed by atoms with van der Waals surface area (Å²) in [6, 6.07) is 6.64. The molecule has 2 aliphatic heterocycles. The number of ether oxygens (including phenoxy) is 2. The molecule has 3 heterocycles. The van der Waals surface area contributed by atoms with Crippen molar-refractivity contribution in [1.82, 2.24) is 14.3 Å². The lowest BCUT2D eigenvalue weighted by Gasteiger charge is -2.38. The lowest BCUT2D eigenvalue weighted by atomic mass is 9.88. The number of nitrogens with zero attached hydrogens (tertiary/aromatic N) is 1. The van der Waals surface area contributed by atoms with Crippen LogP contribution in [-0.2, 0) is 31.0 Å². The van der Waals surface area contributed by atoms with Gasteiger partial charge in [0.15, 0.2) is 0 Å². The Balaban J connectivity index is 1.26. The molecule has 1 aromatic carbocycles. The number of halogens is 3. The van der Waals surface area contributed by atoms with Crippen LogP contribution in [0.3, 0.4) is 0 Å². The zero-order valence-electron chi connectivity index (χ0n) is 21.9. The maximum Gasteiger partial charge on any atom is 0.450 e. The molecule has 4 rings (SSSR count). The van der Waals surface area contributed by atoms with E-state index >= 15 is 0 Å². The number of furan rings is 1. The van der Waals surface area contributed by atoms with Crippen LogP contribution in [0.25, 0.3) is 0 Å². The molecule has 0 amide bonds. The molecule has 3 N–H and O–H groups in total. The number of aliphatic hydroxyl groups is 1. The van der Waals surface area contributed by atoms with Gasteiger partial charge in [-0.15, -0.1) is 0 Å². The second-order valence-electron chi connectivity index (χ2n) is 9.90. The minimum Gasteiger partial charge on any atom is -0.491 e. The van der Waals surface area contributed by atoms with E-state index in [-0.39, 0.29) is 48.7 Å². The number of piperidine rings is 1. The highest BCUT2D eigenvalue weighted by Gasteiger charge is 2.47. The van der Waals surface area contributed by atoms with Crippen molar-refractivity contribution >= 4 is 20.0 Å². The highest BCUT2D eigenvalue weighted by molar-refractivity contribution is 7.89. The lowest BCUT2D eigenvalue weighted by Crippen LogP contribution is -2.47. The van der Waals surface area contributed by atoms with Gasteiger partial charge in [0.1, 0.15) is 29.1 Å². The second-order valence-corrected chi connectivity index (χ2v) is 13.7. The summed E-state index contributed by atoms with van der Waals surface area (Å²) in [5, 5.41) is 13.5. The summed E-state index contributed by atoms with van der Waals surface area (Å²) in [5.74, 6) is -1.38. The Bertz CT molecular complexity index is 1400. The van der Waals surface area contributed by atoms with E-state index in [0.29, 0.717) is 25.9 Å². The predicted molar refractivity (Wildman–Crippen MR) is 136 cm³/mol. The third kappa shape index (κ3) is 6.80. The van der Waals surface area contributed by atoms with E-state index in [2.05, 4.69) is 14.5 Å². The molecule has 2 fully saturated rings. The average Bonchev–Trinajstić information content (AvgIpc) is 3.50. The smallest absolute Gasteiger partial charge is 0.450 e. The molecule has 2 saturated heterocycles. The van der Waals surface area contributed by atoms with Gasteiger partial charge in [0.2, 0.25) is 25.8 Å². The number of rotatable bonds is 10. The van der Waals surface area contributed by atoms with Crippen molar-refractivity contribution in [2.24, 2.45) is 0 Å². The SMILES string of the molecule is CNS(=O)(=O)c1cccc(OC[C@@H](O)CNC2COC3(CCN(S(=O)(=O)c4cc(C)oc4C(F)(F)F)CC3)C2)c1. The van der Waals surface area contributed by atoms with Gasteiger partial charge in [0.05, 0.1) is 17.1 Å². The Hall–Kier alpha value is -2.21. The van der Waals surface area contributed by atoms with Gasteiger partial charge in [0.25, 0.3) is 0 Å². The molecule has 0 saturated carbocycles. The molecule has 224 valence electrons. The normalized spacial score (nSPS) is 21.1. The fourth-order valence-electron chi connectivity index (χ4n) is 4.88. The van der Waals surface area contributed by atoms with Crippen molar-refractivity contribution < 1.29 is 49.0 Å². The molecule has 2 aromatic rings. The molecule has 1 unspecified atom stereocenters. The van der Waals surface area contributed by atoms with Crippen LogP contribution in [0.15, 0.2) is 44.5 Å². The second kappa shape index (κ2) is 11.6. The maximum absolute atomic E-state index is 13.3. The maximum atomic E-state index is 13.3. The third-order valence-corrected chi connectivity index (χ3v) is 10.3. The van der Waals surface area contributed by atoms with Gasteiger partial charge in [-0.05, 0) is 45.4 Å². The summed E-state index contributed by atoms with van der Waals surface area (Å²) >= 11 is 0. The molecule has 1 spiro atoms. The van der Waals surface area contributed by atoms with Crippen LogP contribution in [-0.4, -0.2) is 83.9 Å². The van der Waals surface area contributed by atoms with Crippen molar-refractivity contribution in [2.75, 3.05) is 39.9 Å². The molecule has 0 bridgehead atoms. The molecule has 2 atom stereocenters. The van der Waals surface area contributed by atoms with Gasteiger partial charge in [-0.3, -0.25) is 0 Å². The number of aliphatic hydroxyl groups excluding tert-OH is 1. The Labute approximate surface area is 230 Å². The van der Waals surface area contributed by atoms with Crippen LogP contribution in [0, 0.1) is 6.92 Å². The van der Waals surface area contributed by atoms with Crippen molar-refractivity contribution in [3.63, 3.8) is 0 Å². The predicted octanol–water partition coefficient (Wildman–Crippen LogP) is 1.86. The van der Waals surface area contributed by atoms with E-state index < -0.39 is 48.6 Å². The van der Waals surface area contributed by atoms with Gasteiger partial charge in [-0.1, -0.05) is 6.07 Å². The minimum atomic E-state index is -4.94. The van der Waals surface area contributed by atoms with E-state index in [1.54, 1.807) is 6.07 Å². The Morgan fingerprint density at radius 3 is 2.55 bits per heavy atom. The van der Waals surface area contributed by atoms with Crippen LogP contribution >= 0.6 is 0 Å². The van der Waals surface area contributed by atoms with Crippen LogP contribution in [0.2, 0.25) is 0 Å². The Morgan fingerprint density at radius 2 is 1.90 bits per heavy atom. The van der Waals surface area contributed by atoms with Gasteiger partial charge in [-0.2, -0.15) is 17.5 Å². The first kappa shape index (κ1) is 30.7. The minimum absolute atomic E-state index is 0.00459. The van der Waals surface area contributed by atoms with Crippen molar-refractivity contribution in [3.8, 4) is 5.75 Å². The molecule has 0 radical (unpaired) electrons. The number of hydrogen-bond donors (Lipinski definition) is 3. The summed E-state index contributed by atoms with van der Waals surface area (Å²) in [6.07, 6.45) is -4.69. The third-order valence-electron chi connectivity index (χ3n) is 7.01. The highest BCUT2D eigenvalue weighted by atomic mass is 32.2. The molecule has 11 nitrogen and oxygen atoms in total. The molecule has 0 aliphatic carbocycles. The zero-order valence-corrected chi connectivity index (χ0v) is 23.5. The lowest BCUT2D eigenvalue weighted by molar-refractivity contribution is -0.156. The average molecular weight is 612 g/mol. The van der Waals surface area contributed by atoms with E-state index in [9.17, 15) is 35.1 Å². The Kier molecular flexibility index (Phi) is 8.90. The van der Waals surface area contributed by atoms with Crippen LogP contribution in [0.5, 0.6) is 5.75 Å². The summed E-state index contributed by atoms with van der Waals surface area (Å²) < 4.78 is 109. The van der Waals surface area contributed by atoms with Crippen LogP contribution < -0.4 is 14.8 Å². The number of nitrogens with one attached hydrogen (secondary N) is 2. The van der Waals surface area contributed by atoms with E-state index in [4.69, 9.17) is 9.47 Å². The number of benzene rings is 1. The highest BCUT2D eigenvalue weighted by Crippen LogP contribution is 2.40. The summed E-state index contributed by atoms with van der Waals surface area (Å²) in [5.41, 5.74) is -0.621. The first-order valence-electron chi connectivity index (χ1n) is 12.5. The van der Waals surface area contributed by atoms with Gasteiger partial charge in [-0.25, -0.2) is 21.6 Å². The van der Waals surface area contributed by atoms with E-state index in [1.165, 1.54) is 32.2 Å². The van der Waals surface area contributed by atoms with Crippen molar-refractivity contribution in [2.45, 2.75) is 59.9 Å². The Morgan fingerprint density at radius 1 is 1.20 bits per heavy atom. The van der Waals surface area contributed by atoms with Gasteiger partial charge < -0.3 is 24.3 Å². The molecule has 40 heavy (non-hydrogen) atoms. The first-order valence-corrected chi connectivity index (χ1v) is 15.5. The fourth-order valence-corrected chi connectivity index (χ4v) is 7.29. The zero-order chi connectivity index (χ0) is 29.3. The largest absolute Gasteiger partial charge is 0.491 e. The molecular formula is C24H32F3N3O8S2. The van der Waals surface area contributed by atoms with Gasteiger partial charge in [0, 0.05) is 37.8 Å². The molecule has 1 aromatic heterocycles. The van der Waals surface area contributed by atoms with E-state index in [1.807, 2.05) is 0 Å². The van der Waals surface area contributed by atoms with Crippen LogP contribution in [0.1, 0.15) is 30.8 Å². The number of aryl methyl sites for hydroxylation is 1. The van der Waals surface area contributed by atoms with Crippen molar-refractivity contribution in [3.05, 3.63) is 41.9 Å². The number of alkyl halides is 3. The topological polar surface area (TPSA) is 147 Å². The molecule has 2 aliphatic rings. The number of hydrogen-bond acceptors (Lipinski definition) is 9. The summed E-state index contributed by atoms with van der Waals surface area (Å²) in [6.45, 7) is 1.65. The summed E-state index contributed by atoms with van der Waals surface area (Å²) in [4.78, 5) is -0.847. The van der Waals surface area contributed by atoms with E-state index in [0.717, 1.165) is 10.4 Å². The first-order chi connectivity index (χ1) is 18.6. The molecular weight excluding hydrogens is 579 g/mol. The van der Waals surface area contributed by atoms with Crippen LogP contribution in [0.4, 0.5) is 13.2 Å². The monoisotopic (exact) mass is 611 g/mol. The quantitative estimate of drug-likeness (QED) is 0.366. The fraction of sp³-hybridized carbons (Fsp3) is 0.583. The molecule has 16 heteroatoms. The van der Waals surface area contributed by atoms with Crippen molar-refractivity contribution in [1.29, 1.82) is 0 Å². The summed E-state index contributed by atoms with van der Waals surface area (Å²) in [7, 11) is -6.74. The van der Waals surface area contributed by atoms with Gasteiger partial charge >= 0.3 is 6.18 Å². The number of sulfonamides is 2.